The van der Waals surface area contributed by atoms with Crippen molar-refractivity contribution >= 4 is 38.4 Å². The molecule has 5 rings (SSSR count). The maximum Gasteiger partial charge on any atom is 0.340 e. The molecular formula is C21H18BrN3O. The summed E-state index contributed by atoms with van der Waals surface area (Å²) in [7, 11) is 0. The molecule has 0 radical (unpaired) electrons. The van der Waals surface area contributed by atoms with Crippen molar-refractivity contribution in [2.75, 3.05) is 18.0 Å². The molecule has 0 unspecified atom stereocenters. The summed E-state index contributed by atoms with van der Waals surface area (Å²) < 4.78 is 1.04. The second-order valence-electron chi connectivity index (χ2n) is 6.72. The Bertz CT molecular complexity index is 983. The van der Waals surface area contributed by atoms with Crippen LogP contribution in [0.25, 0.3) is 10.8 Å². The number of hydrogen-bond donors (Lipinski definition) is 0. The molecule has 2 amide bonds. The van der Waals surface area contributed by atoms with Gasteiger partial charge in [-0.05, 0) is 35.6 Å². The Morgan fingerprint density at radius 1 is 0.885 bits per heavy atom. The number of benzene rings is 3. The van der Waals surface area contributed by atoms with Gasteiger partial charge >= 0.3 is 6.03 Å². The van der Waals surface area contributed by atoms with E-state index in [0.29, 0.717) is 0 Å². The highest BCUT2D eigenvalue weighted by molar-refractivity contribution is 9.10. The van der Waals surface area contributed by atoms with Crippen molar-refractivity contribution in [3.8, 4) is 0 Å². The molecule has 0 bridgehead atoms. The number of hydrogen-bond acceptors (Lipinski definition) is 2. The van der Waals surface area contributed by atoms with Gasteiger partial charge in [0, 0.05) is 22.9 Å². The summed E-state index contributed by atoms with van der Waals surface area (Å²) in [4.78, 5) is 15.2. The fraction of sp³-hybridized carbons (Fsp3) is 0.190. The average molecular weight is 408 g/mol. The Morgan fingerprint density at radius 2 is 1.65 bits per heavy atom. The van der Waals surface area contributed by atoms with Gasteiger partial charge in [0.25, 0.3) is 0 Å². The molecule has 0 aliphatic carbocycles. The number of fused-ring (bicyclic) bond motifs is 2. The van der Waals surface area contributed by atoms with Crippen molar-refractivity contribution in [2.24, 2.45) is 0 Å². The number of halogens is 1. The van der Waals surface area contributed by atoms with Crippen LogP contribution in [-0.4, -0.2) is 29.1 Å². The van der Waals surface area contributed by atoms with E-state index in [4.69, 9.17) is 0 Å². The molecule has 2 heterocycles. The summed E-state index contributed by atoms with van der Waals surface area (Å²) in [6.07, 6.45) is 0.909. The third-order valence-corrected chi connectivity index (χ3v) is 5.74. The van der Waals surface area contributed by atoms with Crippen LogP contribution in [0.1, 0.15) is 18.2 Å². The third kappa shape index (κ3) is 2.35. The maximum atomic E-state index is 13.3. The zero-order valence-electron chi connectivity index (χ0n) is 14.2. The van der Waals surface area contributed by atoms with Crippen molar-refractivity contribution in [1.82, 2.24) is 10.0 Å². The predicted octanol–water partition coefficient (Wildman–Crippen LogP) is 5.16. The van der Waals surface area contributed by atoms with Crippen molar-refractivity contribution in [2.45, 2.75) is 12.6 Å². The highest BCUT2D eigenvalue weighted by Crippen LogP contribution is 2.42. The Kier molecular flexibility index (Phi) is 3.72. The molecule has 2 aliphatic rings. The second-order valence-corrected chi connectivity index (χ2v) is 7.63. The highest BCUT2D eigenvalue weighted by Gasteiger charge is 2.48. The standard InChI is InChI=1S/C21H18BrN3O/c22-17-11-9-16(10-12-17)20-23-13-4-14-24(23)21(26)25(20)19-8-3-6-15-5-1-2-7-18(15)19/h1-3,5-12,20H,4,13-14H2/t20-/m1/s1. The van der Waals surface area contributed by atoms with E-state index in [1.54, 1.807) is 0 Å². The number of hydrazine groups is 1. The molecule has 0 N–H and O–H groups in total. The number of anilines is 1. The van der Waals surface area contributed by atoms with Gasteiger partial charge in [-0.1, -0.05) is 64.5 Å². The number of amides is 2. The Hall–Kier alpha value is -2.37. The van der Waals surface area contributed by atoms with Gasteiger partial charge in [-0.2, -0.15) is 5.01 Å². The summed E-state index contributed by atoms with van der Waals surface area (Å²) in [5.41, 5.74) is 2.09. The van der Waals surface area contributed by atoms with Gasteiger partial charge < -0.3 is 0 Å². The number of nitrogens with zero attached hydrogens (tertiary/aromatic N) is 3. The predicted molar refractivity (Wildman–Crippen MR) is 107 cm³/mol. The van der Waals surface area contributed by atoms with E-state index in [2.05, 4.69) is 57.3 Å². The molecule has 4 nitrogen and oxygen atoms in total. The molecule has 0 spiro atoms. The molecule has 0 saturated carbocycles. The first-order chi connectivity index (χ1) is 12.7. The second kappa shape index (κ2) is 6.11. The summed E-state index contributed by atoms with van der Waals surface area (Å²) in [5.74, 6) is 0. The van der Waals surface area contributed by atoms with Crippen LogP contribution in [0.2, 0.25) is 0 Å². The minimum absolute atomic E-state index is 0.0618. The van der Waals surface area contributed by atoms with E-state index in [-0.39, 0.29) is 12.2 Å². The molecule has 3 aromatic rings. The van der Waals surface area contributed by atoms with E-state index in [0.717, 1.165) is 46.0 Å². The molecular weight excluding hydrogens is 390 g/mol. The van der Waals surface area contributed by atoms with E-state index in [9.17, 15) is 4.79 Å². The molecule has 2 fully saturated rings. The van der Waals surface area contributed by atoms with Crippen LogP contribution in [0.3, 0.4) is 0 Å². The highest BCUT2D eigenvalue weighted by atomic mass is 79.9. The van der Waals surface area contributed by atoms with Gasteiger partial charge in [-0.15, -0.1) is 0 Å². The topological polar surface area (TPSA) is 26.8 Å². The van der Waals surface area contributed by atoms with Crippen molar-refractivity contribution < 1.29 is 4.79 Å². The van der Waals surface area contributed by atoms with Gasteiger partial charge in [0.15, 0.2) is 0 Å². The SMILES string of the molecule is O=C1N(c2cccc3ccccc23)[C@H](c2ccc(Br)cc2)N2CCCN12. The zero-order valence-corrected chi connectivity index (χ0v) is 15.8. The quantitative estimate of drug-likeness (QED) is 0.586. The van der Waals surface area contributed by atoms with Gasteiger partial charge in [0.05, 0.1) is 5.69 Å². The van der Waals surface area contributed by atoms with Crippen LogP contribution in [0.4, 0.5) is 10.5 Å². The van der Waals surface area contributed by atoms with Crippen molar-refractivity contribution in [1.29, 1.82) is 0 Å². The van der Waals surface area contributed by atoms with Crippen LogP contribution in [-0.2, 0) is 0 Å². The first-order valence-electron chi connectivity index (χ1n) is 8.84. The third-order valence-electron chi connectivity index (χ3n) is 5.22. The minimum atomic E-state index is -0.107. The smallest absolute Gasteiger partial charge is 0.270 e. The first kappa shape index (κ1) is 15.9. The zero-order chi connectivity index (χ0) is 17.7. The van der Waals surface area contributed by atoms with E-state index in [1.165, 1.54) is 0 Å². The lowest BCUT2D eigenvalue weighted by molar-refractivity contribution is 0.0728. The fourth-order valence-electron chi connectivity index (χ4n) is 4.06. The Labute approximate surface area is 160 Å². The molecule has 3 aromatic carbocycles. The molecule has 0 aromatic heterocycles. The van der Waals surface area contributed by atoms with Gasteiger partial charge in [0.2, 0.25) is 0 Å². The molecule has 130 valence electrons. The van der Waals surface area contributed by atoms with Crippen LogP contribution in [0, 0.1) is 0 Å². The maximum absolute atomic E-state index is 13.3. The molecule has 1 atom stereocenters. The largest absolute Gasteiger partial charge is 0.340 e. The lowest BCUT2D eigenvalue weighted by atomic mass is 10.1. The number of rotatable bonds is 2. The number of urea groups is 1. The Morgan fingerprint density at radius 3 is 2.50 bits per heavy atom. The van der Waals surface area contributed by atoms with Gasteiger partial charge in [0.1, 0.15) is 6.17 Å². The van der Waals surface area contributed by atoms with E-state index >= 15 is 0 Å². The van der Waals surface area contributed by atoms with E-state index < -0.39 is 0 Å². The molecule has 26 heavy (non-hydrogen) atoms. The van der Waals surface area contributed by atoms with Crippen LogP contribution in [0.5, 0.6) is 0 Å². The van der Waals surface area contributed by atoms with Crippen LogP contribution in [0.15, 0.2) is 71.2 Å². The molecule has 2 aliphatic heterocycles. The average Bonchev–Trinajstić information content (AvgIpc) is 3.24. The number of carbonyl (C=O) groups is 1. The summed E-state index contributed by atoms with van der Waals surface area (Å²) in [6.45, 7) is 1.68. The summed E-state index contributed by atoms with van der Waals surface area (Å²) in [5, 5.41) is 6.35. The first-order valence-corrected chi connectivity index (χ1v) is 9.64. The van der Waals surface area contributed by atoms with Crippen LogP contribution < -0.4 is 4.90 Å². The molecule has 5 heteroatoms. The number of carbonyl (C=O) groups excluding carboxylic acids is 1. The van der Waals surface area contributed by atoms with Gasteiger partial charge in [-0.25, -0.2) is 4.79 Å². The van der Waals surface area contributed by atoms with Crippen LogP contribution >= 0.6 is 15.9 Å². The summed E-state index contributed by atoms with van der Waals surface area (Å²) in [6, 6.07) is 22.8. The molecule has 2 saturated heterocycles. The lowest BCUT2D eigenvalue weighted by Gasteiger charge is -2.28. The fourth-order valence-corrected chi connectivity index (χ4v) is 4.33. The monoisotopic (exact) mass is 407 g/mol. The Balaban J connectivity index is 1.69. The summed E-state index contributed by atoms with van der Waals surface area (Å²) >= 11 is 3.51. The minimum Gasteiger partial charge on any atom is -0.270 e. The van der Waals surface area contributed by atoms with Crippen molar-refractivity contribution in [3.63, 3.8) is 0 Å². The normalized spacial score (nSPS) is 20.2. The van der Waals surface area contributed by atoms with E-state index in [1.807, 2.05) is 40.2 Å². The van der Waals surface area contributed by atoms with Crippen molar-refractivity contribution in [3.05, 3.63) is 76.8 Å². The lowest BCUT2D eigenvalue weighted by Crippen LogP contribution is -2.32. The van der Waals surface area contributed by atoms with Gasteiger partial charge in [-0.3, -0.25) is 9.91 Å².